The third-order valence-corrected chi connectivity index (χ3v) is 0.832. The van der Waals surface area contributed by atoms with Gasteiger partial charge in [-0.25, -0.2) is 0 Å². The minimum atomic E-state index is 0.491. The fourth-order valence-electron chi connectivity index (χ4n) is 0.331. The Bertz CT molecular complexity index is 50.1. The van der Waals surface area contributed by atoms with Gasteiger partial charge in [0.25, 0.3) is 0 Å². The summed E-state index contributed by atoms with van der Waals surface area (Å²) in [6.07, 6.45) is 1.88. The quantitative estimate of drug-likeness (QED) is 0.488. The maximum absolute atomic E-state index is 4.82. The smallest absolute Gasteiger partial charge is 0.0522 e. The minimum absolute atomic E-state index is 0.491. The van der Waals surface area contributed by atoms with E-state index in [0.29, 0.717) is 5.92 Å². The van der Waals surface area contributed by atoms with Gasteiger partial charge in [0.1, 0.15) is 0 Å². The molecule has 0 N–H and O–H groups in total. The molecule has 0 fully saturated rings. The van der Waals surface area contributed by atoms with Gasteiger partial charge in [-0.05, 0) is 5.92 Å². The zero-order valence-electron chi connectivity index (χ0n) is 4.98. The molecule has 0 aliphatic rings. The third kappa shape index (κ3) is 3.53. The first kappa shape index (κ1) is 6.70. The number of ether oxygens (including phenoxy) is 1. The largest absolute Gasteiger partial charge is 0.384 e. The van der Waals surface area contributed by atoms with E-state index in [-0.39, 0.29) is 0 Å². The van der Waals surface area contributed by atoms with Gasteiger partial charge in [-0.1, -0.05) is 13.0 Å². The topological polar surface area (TPSA) is 9.23 Å². The zero-order valence-corrected chi connectivity index (χ0v) is 4.98. The van der Waals surface area contributed by atoms with Crippen LogP contribution in [-0.2, 0) is 4.74 Å². The molecular weight excluding hydrogens is 88.1 g/mol. The normalized spacial score (nSPS) is 13.4. The van der Waals surface area contributed by atoms with Crippen molar-refractivity contribution >= 4 is 0 Å². The Morgan fingerprint density at radius 3 is 2.57 bits per heavy atom. The molecule has 0 heterocycles. The lowest BCUT2D eigenvalue weighted by Gasteiger charge is -1.99. The summed E-state index contributed by atoms with van der Waals surface area (Å²) in [5.74, 6) is 0.491. The average molecular weight is 100 g/mol. The average Bonchev–Trinajstić information content (AvgIpc) is 1.68. The van der Waals surface area contributed by atoms with Crippen molar-refractivity contribution in [2.45, 2.75) is 6.92 Å². The molecule has 1 nitrogen and oxygen atoms in total. The van der Waals surface area contributed by atoms with Crippen molar-refractivity contribution in [3.8, 4) is 0 Å². The van der Waals surface area contributed by atoms with Crippen LogP contribution in [0.15, 0.2) is 12.7 Å². The van der Waals surface area contributed by atoms with Crippen molar-refractivity contribution in [3.05, 3.63) is 12.7 Å². The summed E-state index contributed by atoms with van der Waals surface area (Å²) < 4.78 is 4.82. The molecule has 0 aliphatic carbocycles. The molecule has 0 aromatic carbocycles. The molecular formula is C6H12O. The molecule has 0 amide bonds. The second-order valence-electron chi connectivity index (χ2n) is 1.67. The molecule has 0 spiro atoms. The van der Waals surface area contributed by atoms with Crippen molar-refractivity contribution in [2.24, 2.45) is 5.92 Å². The van der Waals surface area contributed by atoms with Crippen molar-refractivity contribution in [2.75, 3.05) is 13.7 Å². The van der Waals surface area contributed by atoms with Crippen molar-refractivity contribution in [3.63, 3.8) is 0 Å². The van der Waals surface area contributed by atoms with Gasteiger partial charge < -0.3 is 4.74 Å². The van der Waals surface area contributed by atoms with Crippen LogP contribution in [0.2, 0.25) is 0 Å². The summed E-state index contributed by atoms with van der Waals surface area (Å²) in [6.45, 7) is 6.45. The molecule has 0 radical (unpaired) electrons. The standard InChI is InChI=1S/C6H12O/c1-4-6(2)5-7-3/h4,6H,1,5H2,2-3H3. The second-order valence-corrected chi connectivity index (χ2v) is 1.67. The van der Waals surface area contributed by atoms with Gasteiger partial charge in [0.2, 0.25) is 0 Å². The van der Waals surface area contributed by atoms with Crippen LogP contribution in [0.1, 0.15) is 6.92 Å². The first-order chi connectivity index (χ1) is 3.31. The fourth-order valence-corrected chi connectivity index (χ4v) is 0.331. The third-order valence-electron chi connectivity index (χ3n) is 0.832. The van der Waals surface area contributed by atoms with Gasteiger partial charge in [0.05, 0.1) is 6.61 Å². The van der Waals surface area contributed by atoms with Crippen LogP contribution in [0.25, 0.3) is 0 Å². The zero-order chi connectivity index (χ0) is 5.70. The highest BCUT2D eigenvalue weighted by atomic mass is 16.5. The number of hydrogen-bond donors (Lipinski definition) is 0. The van der Waals surface area contributed by atoms with Crippen molar-refractivity contribution in [1.82, 2.24) is 0 Å². The van der Waals surface area contributed by atoms with E-state index in [4.69, 9.17) is 4.74 Å². The number of rotatable bonds is 3. The summed E-state index contributed by atoms with van der Waals surface area (Å²) in [5.41, 5.74) is 0. The molecule has 1 heteroatoms. The van der Waals surface area contributed by atoms with E-state index in [9.17, 15) is 0 Å². The Morgan fingerprint density at radius 2 is 2.43 bits per heavy atom. The van der Waals surface area contributed by atoms with Crippen molar-refractivity contribution < 1.29 is 4.74 Å². The van der Waals surface area contributed by atoms with Gasteiger partial charge in [-0.15, -0.1) is 6.58 Å². The van der Waals surface area contributed by atoms with Gasteiger partial charge in [0, 0.05) is 7.11 Å². The molecule has 0 rings (SSSR count). The summed E-state index contributed by atoms with van der Waals surface area (Å²) >= 11 is 0. The lowest BCUT2D eigenvalue weighted by atomic mass is 10.2. The van der Waals surface area contributed by atoms with Crippen LogP contribution >= 0.6 is 0 Å². The Morgan fingerprint density at radius 1 is 1.86 bits per heavy atom. The van der Waals surface area contributed by atoms with Crippen LogP contribution in [0, 0.1) is 5.92 Å². The molecule has 0 saturated carbocycles. The lowest BCUT2D eigenvalue weighted by molar-refractivity contribution is 0.176. The molecule has 0 aliphatic heterocycles. The molecule has 1 unspecified atom stereocenters. The van der Waals surface area contributed by atoms with E-state index in [1.54, 1.807) is 7.11 Å². The van der Waals surface area contributed by atoms with Crippen LogP contribution in [-0.4, -0.2) is 13.7 Å². The predicted octanol–water partition coefficient (Wildman–Crippen LogP) is 1.45. The monoisotopic (exact) mass is 100 g/mol. The van der Waals surface area contributed by atoms with Crippen LogP contribution in [0.3, 0.4) is 0 Å². The van der Waals surface area contributed by atoms with E-state index >= 15 is 0 Å². The molecule has 0 aromatic rings. The van der Waals surface area contributed by atoms with E-state index in [2.05, 4.69) is 13.5 Å². The lowest BCUT2D eigenvalue weighted by Crippen LogP contribution is -1.97. The van der Waals surface area contributed by atoms with Gasteiger partial charge in [-0.2, -0.15) is 0 Å². The van der Waals surface area contributed by atoms with E-state index < -0.39 is 0 Å². The first-order valence-electron chi connectivity index (χ1n) is 2.42. The molecule has 7 heavy (non-hydrogen) atoms. The summed E-state index contributed by atoms with van der Waals surface area (Å²) in [7, 11) is 1.69. The Labute approximate surface area is 45.0 Å². The predicted molar refractivity (Wildman–Crippen MR) is 31.2 cm³/mol. The SMILES string of the molecule is C=CC(C)COC. The number of methoxy groups -OCH3 is 1. The maximum Gasteiger partial charge on any atom is 0.0522 e. The Hall–Kier alpha value is -0.300. The first-order valence-corrected chi connectivity index (χ1v) is 2.42. The highest BCUT2D eigenvalue weighted by Crippen LogP contribution is 1.92. The Balaban J connectivity index is 2.98. The summed E-state index contributed by atoms with van der Waals surface area (Å²) in [5, 5.41) is 0. The second kappa shape index (κ2) is 3.88. The highest BCUT2D eigenvalue weighted by Gasteiger charge is 1.89. The van der Waals surface area contributed by atoms with Crippen LogP contribution in [0.5, 0.6) is 0 Å². The summed E-state index contributed by atoms with van der Waals surface area (Å²) in [6, 6.07) is 0. The Kier molecular flexibility index (Phi) is 3.71. The molecule has 0 aromatic heterocycles. The van der Waals surface area contributed by atoms with Crippen LogP contribution in [0.4, 0.5) is 0 Å². The molecule has 0 saturated heterocycles. The molecule has 1 atom stereocenters. The van der Waals surface area contributed by atoms with Gasteiger partial charge in [-0.3, -0.25) is 0 Å². The van der Waals surface area contributed by atoms with Gasteiger partial charge >= 0.3 is 0 Å². The molecule has 0 bridgehead atoms. The number of hydrogen-bond acceptors (Lipinski definition) is 1. The van der Waals surface area contributed by atoms with E-state index in [0.717, 1.165) is 6.61 Å². The fraction of sp³-hybridized carbons (Fsp3) is 0.667. The van der Waals surface area contributed by atoms with Crippen LogP contribution < -0.4 is 0 Å². The summed E-state index contributed by atoms with van der Waals surface area (Å²) in [4.78, 5) is 0. The van der Waals surface area contributed by atoms with Crippen molar-refractivity contribution in [1.29, 1.82) is 0 Å². The maximum atomic E-state index is 4.82. The minimum Gasteiger partial charge on any atom is -0.384 e. The van der Waals surface area contributed by atoms with E-state index in [1.165, 1.54) is 0 Å². The highest BCUT2D eigenvalue weighted by molar-refractivity contribution is 4.73. The molecule has 42 valence electrons. The van der Waals surface area contributed by atoms with Gasteiger partial charge in [0.15, 0.2) is 0 Å². The van der Waals surface area contributed by atoms with E-state index in [1.807, 2.05) is 6.08 Å².